The molecule has 5 nitrogen and oxygen atoms in total. The van der Waals surface area contributed by atoms with E-state index in [-0.39, 0.29) is 11.8 Å². The van der Waals surface area contributed by atoms with Crippen molar-refractivity contribution in [1.29, 1.82) is 0 Å². The summed E-state index contributed by atoms with van der Waals surface area (Å²) in [5.41, 5.74) is 2.63. The van der Waals surface area contributed by atoms with Gasteiger partial charge in [0.05, 0.1) is 11.4 Å². The number of benzene rings is 1. The molecule has 6 heteroatoms. The lowest BCUT2D eigenvalue weighted by molar-refractivity contribution is 0.270. The first kappa shape index (κ1) is 16.3. The molecule has 3 atom stereocenters. The summed E-state index contributed by atoms with van der Waals surface area (Å²) in [4.78, 5) is 4.06. The highest BCUT2D eigenvalue weighted by atomic mass is 19.1. The summed E-state index contributed by atoms with van der Waals surface area (Å²) < 4.78 is 14.6. The Morgan fingerprint density at radius 1 is 1.11 bits per heavy atom. The third-order valence-corrected chi connectivity index (χ3v) is 5.52. The number of phenols is 1. The molecule has 0 aliphatic carbocycles. The third kappa shape index (κ3) is 2.96. The van der Waals surface area contributed by atoms with Crippen molar-refractivity contribution in [2.24, 2.45) is 0 Å². The first-order valence-electron chi connectivity index (χ1n) is 9.19. The Morgan fingerprint density at radius 3 is 2.89 bits per heavy atom. The molecule has 1 aromatic carbocycles. The number of fused-ring (bicyclic) bond motifs is 3. The predicted octanol–water partition coefficient (Wildman–Crippen LogP) is 3.64. The highest BCUT2D eigenvalue weighted by Crippen LogP contribution is 2.34. The van der Waals surface area contributed by atoms with Crippen LogP contribution in [0.4, 0.5) is 4.39 Å². The van der Waals surface area contributed by atoms with E-state index in [1.54, 1.807) is 18.5 Å². The van der Waals surface area contributed by atoms with Gasteiger partial charge in [-0.1, -0.05) is 0 Å². The predicted molar refractivity (Wildman–Crippen MR) is 102 cm³/mol. The average molecular weight is 362 g/mol. The van der Waals surface area contributed by atoms with Gasteiger partial charge in [0.25, 0.3) is 0 Å². The molecule has 2 aromatic heterocycles. The number of aromatic nitrogens is 3. The highest BCUT2D eigenvalue weighted by Gasteiger charge is 2.38. The lowest BCUT2D eigenvalue weighted by Crippen LogP contribution is -2.42. The zero-order chi connectivity index (χ0) is 18.4. The lowest BCUT2D eigenvalue weighted by atomic mass is 9.96. The van der Waals surface area contributed by atoms with Gasteiger partial charge in [0.15, 0.2) is 0 Å². The normalized spacial score (nSPS) is 26.0. The first-order valence-corrected chi connectivity index (χ1v) is 9.19. The van der Waals surface area contributed by atoms with Crippen molar-refractivity contribution in [2.75, 3.05) is 0 Å². The number of hydrogen-bond acceptors (Lipinski definition) is 5. The Balaban J connectivity index is 1.45. The summed E-state index contributed by atoms with van der Waals surface area (Å²) >= 11 is 0. The maximum Gasteiger partial charge on any atom is 0.137 e. The van der Waals surface area contributed by atoms with Crippen molar-refractivity contribution in [1.82, 2.24) is 20.5 Å². The van der Waals surface area contributed by atoms with Crippen LogP contribution in [0.2, 0.25) is 0 Å². The van der Waals surface area contributed by atoms with Gasteiger partial charge in [0.2, 0.25) is 0 Å². The SMILES string of the molecule is Oc1cc2cnccc2cc1-c1ccc(/C=C2/C[C@@H]3CC[C@@H](N3)[C@H]2F)nn1. The molecule has 0 spiro atoms. The van der Waals surface area contributed by atoms with Crippen LogP contribution in [0.15, 0.2) is 48.3 Å². The van der Waals surface area contributed by atoms with Gasteiger partial charge in [0, 0.05) is 35.4 Å². The van der Waals surface area contributed by atoms with E-state index >= 15 is 0 Å². The van der Waals surface area contributed by atoms with Crippen molar-refractivity contribution in [3.05, 3.63) is 54.0 Å². The van der Waals surface area contributed by atoms with Crippen LogP contribution >= 0.6 is 0 Å². The number of halogens is 1. The fourth-order valence-electron chi connectivity index (χ4n) is 4.12. The minimum absolute atomic E-state index is 0.0636. The monoisotopic (exact) mass is 362 g/mol. The summed E-state index contributed by atoms with van der Waals surface area (Å²) in [6.45, 7) is 0. The van der Waals surface area contributed by atoms with Crippen LogP contribution < -0.4 is 5.32 Å². The quantitative estimate of drug-likeness (QED) is 0.728. The van der Waals surface area contributed by atoms with E-state index < -0.39 is 6.17 Å². The minimum atomic E-state index is -0.955. The van der Waals surface area contributed by atoms with Crippen molar-refractivity contribution in [3.8, 4) is 17.0 Å². The molecule has 3 aromatic rings. The van der Waals surface area contributed by atoms with Gasteiger partial charge in [-0.15, -0.1) is 5.10 Å². The Morgan fingerprint density at radius 2 is 2.04 bits per heavy atom. The molecule has 0 radical (unpaired) electrons. The van der Waals surface area contributed by atoms with Crippen molar-refractivity contribution in [2.45, 2.75) is 37.5 Å². The molecule has 2 saturated heterocycles. The first-order chi connectivity index (χ1) is 13.2. The fraction of sp³-hybridized carbons (Fsp3) is 0.286. The Labute approximate surface area is 156 Å². The molecule has 2 aliphatic heterocycles. The lowest BCUT2D eigenvalue weighted by Gasteiger charge is -2.27. The van der Waals surface area contributed by atoms with Crippen LogP contribution in [-0.4, -0.2) is 38.5 Å². The Bertz CT molecular complexity index is 1030. The van der Waals surface area contributed by atoms with E-state index in [0.29, 0.717) is 23.0 Å². The molecule has 0 unspecified atom stereocenters. The number of piperidine rings is 1. The Kier molecular flexibility index (Phi) is 3.86. The smallest absolute Gasteiger partial charge is 0.137 e. The van der Waals surface area contributed by atoms with Crippen molar-refractivity contribution in [3.63, 3.8) is 0 Å². The second-order valence-corrected chi connectivity index (χ2v) is 7.31. The van der Waals surface area contributed by atoms with Gasteiger partial charge < -0.3 is 10.4 Å². The largest absolute Gasteiger partial charge is 0.507 e. The summed E-state index contributed by atoms with van der Waals surface area (Å²) in [7, 11) is 0. The number of alkyl halides is 1. The number of hydrogen-bond donors (Lipinski definition) is 2. The standard InChI is InChI=1S/C21H19FN4O/c22-21-13(7-15-1-4-19(21)24-15)8-16-2-3-18(26-25-16)17-9-12-5-6-23-11-14(12)10-20(17)27/h2-3,5-6,8-11,15,19,21,24,27H,1,4,7H2/b13-8-/t15-,19+,21-/m0/s1. The molecule has 5 rings (SSSR count). The van der Waals surface area contributed by atoms with Gasteiger partial charge in [-0.25, -0.2) is 4.39 Å². The molecule has 2 fully saturated rings. The van der Waals surface area contributed by atoms with Gasteiger partial charge in [-0.05, 0) is 66.6 Å². The van der Waals surface area contributed by atoms with E-state index in [2.05, 4.69) is 20.5 Å². The zero-order valence-corrected chi connectivity index (χ0v) is 14.6. The van der Waals surface area contributed by atoms with Crippen LogP contribution in [0.3, 0.4) is 0 Å². The number of nitrogens with zero attached hydrogens (tertiary/aromatic N) is 3. The molecule has 27 heavy (non-hydrogen) atoms. The van der Waals surface area contributed by atoms with E-state index in [1.165, 1.54) is 0 Å². The third-order valence-electron chi connectivity index (χ3n) is 5.52. The van der Waals surface area contributed by atoms with Crippen LogP contribution in [0, 0.1) is 0 Å². The number of nitrogens with one attached hydrogen (secondary N) is 1. The fourth-order valence-corrected chi connectivity index (χ4v) is 4.12. The molecule has 4 heterocycles. The second-order valence-electron chi connectivity index (χ2n) is 7.31. The maximum atomic E-state index is 14.6. The average Bonchev–Trinajstić information content (AvgIpc) is 3.10. The van der Waals surface area contributed by atoms with Crippen LogP contribution in [0.1, 0.15) is 25.0 Å². The van der Waals surface area contributed by atoms with Crippen molar-refractivity contribution < 1.29 is 9.50 Å². The van der Waals surface area contributed by atoms with Crippen molar-refractivity contribution >= 4 is 16.8 Å². The number of phenolic OH excluding ortho intramolecular Hbond substituents is 1. The van der Waals surface area contributed by atoms with E-state index in [0.717, 1.165) is 35.6 Å². The van der Waals surface area contributed by atoms with Gasteiger partial charge in [0.1, 0.15) is 11.9 Å². The number of aromatic hydroxyl groups is 1. The maximum absolute atomic E-state index is 14.6. The highest BCUT2D eigenvalue weighted by molar-refractivity contribution is 5.89. The van der Waals surface area contributed by atoms with E-state index in [1.807, 2.05) is 30.3 Å². The topological polar surface area (TPSA) is 70.9 Å². The molecular formula is C21H19FN4O. The summed E-state index contributed by atoms with van der Waals surface area (Å²) in [6, 6.07) is 9.38. The minimum Gasteiger partial charge on any atom is -0.507 e. The number of rotatable bonds is 2. The number of pyridine rings is 1. The zero-order valence-electron chi connectivity index (χ0n) is 14.6. The molecule has 0 saturated carbocycles. The van der Waals surface area contributed by atoms with Gasteiger partial charge in [-0.2, -0.15) is 5.10 Å². The second kappa shape index (κ2) is 6.39. The molecular weight excluding hydrogens is 343 g/mol. The van der Waals surface area contributed by atoms with Crippen LogP contribution in [0.25, 0.3) is 28.1 Å². The molecule has 2 bridgehead atoms. The summed E-state index contributed by atoms with van der Waals surface area (Å²) in [6.07, 6.45) is 6.93. The molecule has 136 valence electrons. The van der Waals surface area contributed by atoms with Gasteiger partial charge >= 0.3 is 0 Å². The molecule has 0 amide bonds. The Hall–Kier alpha value is -2.86. The van der Waals surface area contributed by atoms with Crippen LogP contribution in [0.5, 0.6) is 5.75 Å². The molecule has 2 N–H and O–H groups in total. The summed E-state index contributed by atoms with van der Waals surface area (Å²) in [5, 5.41) is 24.0. The van der Waals surface area contributed by atoms with Gasteiger partial charge in [-0.3, -0.25) is 4.98 Å². The van der Waals surface area contributed by atoms with E-state index in [4.69, 9.17) is 0 Å². The molecule has 2 aliphatic rings. The summed E-state index contributed by atoms with van der Waals surface area (Å²) in [5.74, 6) is 0.134. The van der Waals surface area contributed by atoms with E-state index in [9.17, 15) is 9.50 Å². The van der Waals surface area contributed by atoms with Crippen LogP contribution in [-0.2, 0) is 0 Å².